The molecule has 0 heterocycles. The fourth-order valence-corrected chi connectivity index (χ4v) is 0.412. The molecule has 0 bridgehead atoms. The number of aliphatic imine (C=N–C) groups is 1. The van der Waals surface area contributed by atoms with Crippen LogP contribution in [0.2, 0.25) is 0 Å². The lowest BCUT2D eigenvalue weighted by atomic mass is 10.2. The van der Waals surface area contributed by atoms with Gasteiger partial charge in [-0.3, -0.25) is 4.99 Å². The predicted octanol–water partition coefficient (Wildman–Crippen LogP) is 1.32. The molecular weight excluding hydrogens is 112 g/mol. The molecule has 1 N–H and O–H groups in total. The SMILES string of the molecule is C=N/C=C(\C)C(=C)NC. The van der Waals surface area contributed by atoms with Crippen LogP contribution in [0, 0.1) is 0 Å². The monoisotopic (exact) mass is 124 g/mol. The van der Waals surface area contributed by atoms with Crippen LogP contribution in [-0.4, -0.2) is 13.8 Å². The minimum atomic E-state index is 0.877. The van der Waals surface area contributed by atoms with E-state index in [4.69, 9.17) is 0 Å². The molecule has 50 valence electrons. The van der Waals surface area contributed by atoms with E-state index in [1.165, 1.54) is 0 Å². The van der Waals surface area contributed by atoms with Crippen molar-refractivity contribution in [2.75, 3.05) is 7.05 Å². The molecule has 0 atom stereocenters. The first kappa shape index (κ1) is 7.95. The van der Waals surface area contributed by atoms with Crippen LogP contribution in [0.5, 0.6) is 0 Å². The van der Waals surface area contributed by atoms with Gasteiger partial charge in [0.15, 0.2) is 0 Å². The van der Waals surface area contributed by atoms with Gasteiger partial charge in [0.25, 0.3) is 0 Å². The van der Waals surface area contributed by atoms with Crippen molar-refractivity contribution >= 4 is 6.72 Å². The van der Waals surface area contributed by atoms with E-state index in [1.807, 2.05) is 14.0 Å². The molecule has 0 unspecified atom stereocenters. The fourth-order valence-electron chi connectivity index (χ4n) is 0.412. The Kier molecular flexibility index (Phi) is 3.44. The zero-order chi connectivity index (χ0) is 7.28. The first-order valence-electron chi connectivity index (χ1n) is 2.72. The number of allylic oxidation sites excluding steroid dienone is 1. The third kappa shape index (κ3) is 2.69. The van der Waals surface area contributed by atoms with Crippen LogP contribution in [0.1, 0.15) is 6.92 Å². The summed E-state index contributed by atoms with van der Waals surface area (Å²) in [5.74, 6) is 0. The molecule has 0 aromatic heterocycles. The molecule has 9 heavy (non-hydrogen) atoms. The van der Waals surface area contributed by atoms with Crippen molar-refractivity contribution in [2.45, 2.75) is 6.92 Å². The molecule has 0 aliphatic carbocycles. The largest absolute Gasteiger partial charge is 0.388 e. The molecule has 0 rings (SSSR count). The average Bonchev–Trinajstić information content (AvgIpc) is 1.87. The van der Waals surface area contributed by atoms with Crippen molar-refractivity contribution in [2.24, 2.45) is 4.99 Å². The van der Waals surface area contributed by atoms with Gasteiger partial charge in [-0.15, -0.1) is 0 Å². The lowest BCUT2D eigenvalue weighted by Gasteiger charge is -2.01. The van der Waals surface area contributed by atoms with Crippen LogP contribution in [0.4, 0.5) is 0 Å². The van der Waals surface area contributed by atoms with E-state index in [1.54, 1.807) is 6.20 Å². The lowest BCUT2D eigenvalue weighted by Crippen LogP contribution is -2.04. The van der Waals surface area contributed by atoms with Gasteiger partial charge in [0.05, 0.1) is 0 Å². The predicted molar refractivity (Wildman–Crippen MR) is 41.5 cm³/mol. The Morgan fingerprint density at radius 2 is 2.22 bits per heavy atom. The standard InChI is InChI=1S/C7H12N2/c1-6(5-8-3)7(2)9-4/h5,9H,2-3H2,1,4H3/b6-5+. The number of hydrogen-bond donors (Lipinski definition) is 1. The van der Waals surface area contributed by atoms with Gasteiger partial charge in [-0.1, -0.05) is 6.58 Å². The van der Waals surface area contributed by atoms with Crippen LogP contribution in [-0.2, 0) is 0 Å². The topological polar surface area (TPSA) is 24.4 Å². The summed E-state index contributed by atoms with van der Waals surface area (Å²) in [5, 5.41) is 2.90. The quantitative estimate of drug-likeness (QED) is 0.445. The normalized spacial score (nSPS) is 10.7. The highest BCUT2D eigenvalue weighted by Gasteiger charge is 1.88. The zero-order valence-corrected chi connectivity index (χ0v) is 5.94. The molecule has 0 radical (unpaired) electrons. The van der Waals surface area contributed by atoms with Crippen molar-refractivity contribution in [3.05, 3.63) is 24.0 Å². The number of nitrogens with zero attached hydrogens (tertiary/aromatic N) is 1. The number of nitrogens with one attached hydrogen (secondary N) is 1. The fraction of sp³-hybridized carbons (Fsp3) is 0.286. The van der Waals surface area contributed by atoms with E-state index in [0.717, 1.165) is 11.3 Å². The number of rotatable bonds is 3. The maximum atomic E-state index is 3.72. The molecule has 2 nitrogen and oxygen atoms in total. The highest BCUT2D eigenvalue weighted by molar-refractivity contribution is 5.30. The minimum Gasteiger partial charge on any atom is -0.388 e. The van der Waals surface area contributed by atoms with Crippen LogP contribution < -0.4 is 5.32 Å². The Morgan fingerprint density at radius 1 is 1.67 bits per heavy atom. The first-order valence-corrected chi connectivity index (χ1v) is 2.72. The maximum absolute atomic E-state index is 3.72. The second-order valence-electron chi connectivity index (χ2n) is 1.72. The van der Waals surface area contributed by atoms with Gasteiger partial charge in [-0.05, 0) is 19.2 Å². The Morgan fingerprint density at radius 3 is 2.56 bits per heavy atom. The molecule has 2 heteroatoms. The van der Waals surface area contributed by atoms with Crippen molar-refractivity contribution in [1.82, 2.24) is 5.32 Å². The molecule has 0 aliphatic heterocycles. The van der Waals surface area contributed by atoms with E-state index < -0.39 is 0 Å². The third-order valence-electron chi connectivity index (χ3n) is 1.06. The molecule has 0 spiro atoms. The molecule has 0 saturated heterocycles. The summed E-state index contributed by atoms with van der Waals surface area (Å²) in [6, 6.07) is 0. The van der Waals surface area contributed by atoms with Crippen molar-refractivity contribution in [3.8, 4) is 0 Å². The molecular formula is C7H12N2. The summed E-state index contributed by atoms with van der Waals surface area (Å²) >= 11 is 0. The van der Waals surface area contributed by atoms with Crippen LogP contribution in [0.15, 0.2) is 29.0 Å². The van der Waals surface area contributed by atoms with E-state index in [9.17, 15) is 0 Å². The Labute approximate surface area is 56.0 Å². The van der Waals surface area contributed by atoms with E-state index >= 15 is 0 Å². The Balaban J connectivity index is 4.01. The number of likely N-dealkylation sites (N-methyl/N-ethyl adjacent to an activating group) is 1. The molecule has 0 aromatic rings. The smallest absolute Gasteiger partial charge is 0.0310 e. The second kappa shape index (κ2) is 3.89. The van der Waals surface area contributed by atoms with Gasteiger partial charge in [-0.2, -0.15) is 0 Å². The molecule has 0 amide bonds. The zero-order valence-electron chi connectivity index (χ0n) is 5.94. The molecule has 0 fully saturated rings. The van der Waals surface area contributed by atoms with E-state index in [0.29, 0.717) is 0 Å². The van der Waals surface area contributed by atoms with Crippen LogP contribution in [0.25, 0.3) is 0 Å². The van der Waals surface area contributed by atoms with Crippen molar-refractivity contribution < 1.29 is 0 Å². The van der Waals surface area contributed by atoms with Crippen LogP contribution >= 0.6 is 0 Å². The van der Waals surface area contributed by atoms with E-state index in [-0.39, 0.29) is 0 Å². The lowest BCUT2D eigenvalue weighted by molar-refractivity contribution is 1.00. The van der Waals surface area contributed by atoms with Gasteiger partial charge in [0.1, 0.15) is 0 Å². The average molecular weight is 124 g/mol. The Bertz CT molecular complexity index is 145. The maximum Gasteiger partial charge on any atom is 0.0310 e. The highest BCUT2D eigenvalue weighted by atomic mass is 14.8. The summed E-state index contributed by atoms with van der Waals surface area (Å²) in [5.41, 5.74) is 1.88. The van der Waals surface area contributed by atoms with Gasteiger partial charge >= 0.3 is 0 Å². The van der Waals surface area contributed by atoms with Crippen molar-refractivity contribution in [3.63, 3.8) is 0 Å². The number of hydrogen-bond acceptors (Lipinski definition) is 2. The third-order valence-corrected chi connectivity index (χ3v) is 1.06. The summed E-state index contributed by atoms with van der Waals surface area (Å²) in [7, 11) is 1.82. The summed E-state index contributed by atoms with van der Waals surface area (Å²) in [6.45, 7) is 8.97. The molecule has 0 aromatic carbocycles. The summed E-state index contributed by atoms with van der Waals surface area (Å²) < 4.78 is 0. The first-order chi connectivity index (χ1) is 4.22. The van der Waals surface area contributed by atoms with Gasteiger partial charge in [-0.25, -0.2) is 0 Å². The molecule has 0 aliphatic rings. The summed E-state index contributed by atoms with van der Waals surface area (Å²) in [6.07, 6.45) is 1.67. The molecule has 0 saturated carbocycles. The second-order valence-corrected chi connectivity index (χ2v) is 1.72. The van der Waals surface area contributed by atoms with E-state index in [2.05, 4.69) is 23.6 Å². The Hall–Kier alpha value is -1.05. The van der Waals surface area contributed by atoms with Crippen LogP contribution in [0.3, 0.4) is 0 Å². The van der Waals surface area contributed by atoms with Gasteiger partial charge in [0.2, 0.25) is 0 Å². The van der Waals surface area contributed by atoms with Gasteiger partial charge < -0.3 is 5.32 Å². The highest BCUT2D eigenvalue weighted by Crippen LogP contribution is 2.00. The summed E-state index contributed by atoms with van der Waals surface area (Å²) in [4.78, 5) is 3.59. The minimum absolute atomic E-state index is 0.877. The van der Waals surface area contributed by atoms with Gasteiger partial charge in [0, 0.05) is 18.9 Å². The van der Waals surface area contributed by atoms with Crippen molar-refractivity contribution in [1.29, 1.82) is 0 Å².